The molecule has 0 spiro atoms. The Morgan fingerprint density at radius 2 is 0.976 bits per heavy atom. The Bertz CT molecular complexity index is 2270. The van der Waals surface area contributed by atoms with E-state index in [9.17, 15) is 57.8 Å². The van der Waals surface area contributed by atoms with Gasteiger partial charge in [0.1, 0.15) is 54.4 Å². The second kappa shape index (κ2) is 34.1. The molecule has 1 saturated heterocycles. The molecule has 23 nitrogen and oxygen atoms in total. The maximum absolute atomic E-state index is 14.9. The molecule has 0 aromatic carbocycles. The number of amides is 10. The predicted octanol–water partition coefficient (Wildman–Crippen LogP) is 2.29. The first-order chi connectivity index (χ1) is 38.3. The number of nitrogens with zero attached hydrogens (tertiary/aromatic N) is 7. The molecule has 1 rings (SSSR count). The fourth-order valence-corrected chi connectivity index (χ4v) is 10.3. The SMILES string of the molecule is C/C=C/C[C@@H](C)[C@@H](O)[C@H]1C(=O)N[C@@H](CC)C(=O)N(C)CC(=O)CN(C)[C@@H](CC(C)C)C(=O)N[C@@H](C(C)C)C(=O)N(C)[C@H](CC(C)C)C(=O)N[C@@H](C)C(=O)N[C@H](C)C(=O)N(C)[C@@H](CC(C)C)C(=O)N(C)[C@@H](C)C(=O)N(C)[C@@H](C(C)C)C(=O)N1C. The lowest BCUT2D eigenvalue weighted by Gasteiger charge is -2.40. The molecule has 5 N–H and O–H groups in total. The molecule has 1 fully saturated rings. The molecule has 0 bridgehead atoms. The van der Waals surface area contributed by atoms with Crippen LogP contribution in [-0.4, -0.2) is 233 Å². The molecule has 10 amide bonds. The minimum atomic E-state index is -1.59. The zero-order valence-corrected chi connectivity index (χ0v) is 54.5. The molecule has 0 aromatic heterocycles. The van der Waals surface area contributed by atoms with Gasteiger partial charge >= 0.3 is 0 Å². The Hall–Kier alpha value is -5.97. The van der Waals surface area contributed by atoms with E-state index in [4.69, 9.17) is 0 Å². The van der Waals surface area contributed by atoms with Gasteiger partial charge in [-0.05, 0) is 102 Å². The highest BCUT2D eigenvalue weighted by molar-refractivity contribution is 5.99. The molecule has 1 aliphatic heterocycles. The van der Waals surface area contributed by atoms with Crippen LogP contribution >= 0.6 is 0 Å². The number of carbonyl (C=O) groups is 11. The van der Waals surface area contributed by atoms with Gasteiger partial charge in [0, 0.05) is 42.3 Å². The molecule has 0 aliphatic carbocycles. The van der Waals surface area contributed by atoms with Crippen molar-refractivity contribution in [2.75, 3.05) is 62.4 Å². The molecule has 1 aliphatic rings. The molecule has 23 heteroatoms. The summed E-state index contributed by atoms with van der Waals surface area (Å²) in [5, 5.41) is 23.0. The standard InChI is InChI=1S/C60H107N11O12/c1-24-26-27-38(13)50(73)49-54(77)63-43(25-2)57(80)66(18)32-42(72)31-65(17)44(28-33(3)4)52(75)64-47(36(9)10)59(82)68(20)45(29-34(5)6)53(76)61-39(14)51(74)62-40(15)55(78)69(21)46(30-35(7)8)58(81)67(19)41(16)56(79)70(22)48(37(11)12)60(83)71(49)23/h24,26,33-41,43-50,73H,25,27-32H2,1-23H3,(H,61,76)(H,62,74)(H,63,77)(H,64,75)/b26-24+/t38-,39+,40-,41+,43+,44+,45-,46+,47+,48+,49+,50-/m1/s1. The second-order valence-corrected chi connectivity index (χ2v) is 25.1. The van der Waals surface area contributed by atoms with Crippen molar-refractivity contribution in [3.8, 4) is 0 Å². The van der Waals surface area contributed by atoms with Gasteiger partial charge in [0.25, 0.3) is 0 Å². The summed E-state index contributed by atoms with van der Waals surface area (Å²) in [6, 6.07) is -12.0. The Morgan fingerprint density at radius 1 is 0.494 bits per heavy atom. The molecule has 474 valence electrons. The lowest BCUT2D eigenvalue weighted by molar-refractivity contribution is -0.156. The Balaban J connectivity index is 4.15. The Morgan fingerprint density at radius 3 is 1.47 bits per heavy atom. The predicted molar refractivity (Wildman–Crippen MR) is 320 cm³/mol. The normalized spacial score (nSPS) is 27.6. The van der Waals surface area contributed by atoms with Crippen LogP contribution in [0.3, 0.4) is 0 Å². The van der Waals surface area contributed by atoms with Crippen LogP contribution in [0.2, 0.25) is 0 Å². The van der Waals surface area contributed by atoms with E-state index < -0.39 is 156 Å². The van der Waals surface area contributed by atoms with E-state index in [1.165, 1.54) is 82.7 Å². The van der Waals surface area contributed by atoms with E-state index in [0.29, 0.717) is 6.42 Å². The van der Waals surface area contributed by atoms with Gasteiger partial charge in [-0.25, -0.2) is 0 Å². The third-order valence-electron chi connectivity index (χ3n) is 15.7. The summed E-state index contributed by atoms with van der Waals surface area (Å²) < 4.78 is 0. The van der Waals surface area contributed by atoms with Crippen LogP contribution in [0.25, 0.3) is 0 Å². The minimum absolute atomic E-state index is 0.0503. The number of rotatable bonds is 13. The first-order valence-electron chi connectivity index (χ1n) is 29.6. The summed E-state index contributed by atoms with van der Waals surface area (Å²) in [5.41, 5.74) is 0. The smallest absolute Gasteiger partial charge is 0.246 e. The number of ketones is 1. The van der Waals surface area contributed by atoms with Crippen LogP contribution < -0.4 is 21.3 Å². The van der Waals surface area contributed by atoms with Crippen LogP contribution in [0.5, 0.6) is 0 Å². The van der Waals surface area contributed by atoms with Crippen molar-refractivity contribution in [1.82, 2.24) is 55.6 Å². The van der Waals surface area contributed by atoms with Crippen molar-refractivity contribution in [2.45, 2.75) is 209 Å². The van der Waals surface area contributed by atoms with Crippen LogP contribution in [0.4, 0.5) is 0 Å². The summed E-state index contributed by atoms with van der Waals surface area (Å²) in [5.74, 6) is -9.04. The number of likely N-dealkylation sites (N-methyl/N-ethyl adjacent to an activating group) is 7. The van der Waals surface area contributed by atoms with Crippen molar-refractivity contribution in [1.29, 1.82) is 0 Å². The second-order valence-electron chi connectivity index (χ2n) is 25.1. The fourth-order valence-electron chi connectivity index (χ4n) is 10.3. The number of hydrogen-bond donors (Lipinski definition) is 5. The quantitative estimate of drug-likeness (QED) is 0.166. The van der Waals surface area contributed by atoms with Gasteiger partial charge in [0.2, 0.25) is 59.1 Å². The third kappa shape index (κ3) is 21.2. The fraction of sp³-hybridized carbons (Fsp3) is 0.783. The average Bonchev–Trinajstić information content (AvgIpc) is 3.61. The summed E-state index contributed by atoms with van der Waals surface area (Å²) in [7, 11) is 10.0. The Kier molecular flexibility index (Phi) is 30.8. The molecule has 0 unspecified atom stereocenters. The van der Waals surface area contributed by atoms with Crippen molar-refractivity contribution in [3.05, 3.63) is 12.2 Å². The number of nitrogens with one attached hydrogen (secondary N) is 4. The molecule has 1 heterocycles. The highest BCUT2D eigenvalue weighted by Gasteiger charge is 2.45. The molecular weight excluding hydrogens is 1070 g/mol. The zero-order chi connectivity index (χ0) is 64.4. The van der Waals surface area contributed by atoms with E-state index in [1.807, 2.05) is 41.5 Å². The van der Waals surface area contributed by atoms with Gasteiger partial charge in [0.05, 0.1) is 25.2 Å². The Labute approximate surface area is 496 Å². The van der Waals surface area contributed by atoms with E-state index in [2.05, 4.69) is 21.3 Å². The molecule has 0 radical (unpaired) electrons. The molecule has 12 atom stereocenters. The maximum Gasteiger partial charge on any atom is 0.246 e. The summed E-state index contributed by atoms with van der Waals surface area (Å²) in [4.78, 5) is 166. The number of hydrogen-bond acceptors (Lipinski definition) is 13. The van der Waals surface area contributed by atoms with E-state index in [0.717, 1.165) is 9.80 Å². The monoisotopic (exact) mass is 1170 g/mol. The zero-order valence-electron chi connectivity index (χ0n) is 54.5. The number of aliphatic hydroxyl groups excluding tert-OH is 1. The van der Waals surface area contributed by atoms with E-state index in [1.54, 1.807) is 72.6 Å². The number of allylic oxidation sites excluding steroid dienone is 2. The van der Waals surface area contributed by atoms with Gasteiger partial charge in [-0.3, -0.25) is 57.6 Å². The van der Waals surface area contributed by atoms with Gasteiger partial charge in [-0.2, -0.15) is 0 Å². The molecule has 0 aromatic rings. The van der Waals surface area contributed by atoms with Gasteiger partial charge in [0.15, 0.2) is 5.78 Å². The van der Waals surface area contributed by atoms with Gasteiger partial charge < -0.3 is 55.8 Å². The van der Waals surface area contributed by atoms with Crippen molar-refractivity contribution in [2.24, 2.45) is 35.5 Å². The van der Waals surface area contributed by atoms with Crippen molar-refractivity contribution >= 4 is 64.9 Å². The molecule has 83 heavy (non-hydrogen) atoms. The average molecular weight is 1170 g/mol. The van der Waals surface area contributed by atoms with Crippen LogP contribution in [0, 0.1) is 35.5 Å². The van der Waals surface area contributed by atoms with Crippen molar-refractivity contribution in [3.63, 3.8) is 0 Å². The largest absolute Gasteiger partial charge is 0.390 e. The van der Waals surface area contributed by atoms with Gasteiger partial charge in [-0.15, -0.1) is 0 Å². The summed E-state index contributed by atoms with van der Waals surface area (Å²) in [6.07, 6.45) is 3.08. The van der Waals surface area contributed by atoms with Crippen LogP contribution in [0.15, 0.2) is 12.2 Å². The van der Waals surface area contributed by atoms with Crippen LogP contribution in [0.1, 0.15) is 143 Å². The number of aliphatic hydroxyl groups is 1. The summed E-state index contributed by atoms with van der Waals surface area (Å²) in [6.45, 7) is 27.0. The third-order valence-corrected chi connectivity index (χ3v) is 15.7. The number of carbonyl (C=O) groups excluding carboxylic acids is 11. The maximum atomic E-state index is 14.9. The first kappa shape index (κ1) is 75.0. The van der Waals surface area contributed by atoms with Crippen LogP contribution in [-0.2, 0) is 52.7 Å². The molecular formula is C60H107N11O12. The number of Topliss-reactive ketones (excluding diaryl/α,β-unsaturated/α-hetero) is 1. The topological polar surface area (TPSA) is 279 Å². The van der Waals surface area contributed by atoms with E-state index >= 15 is 0 Å². The highest BCUT2D eigenvalue weighted by atomic mass is 16.3. The highest BCUT2D eigenvalue weighted by Crippen LogP contribution is 2.24. The lowest BCUT2D eigenvalue weighted by atomic mass is 9.91. The van der Waals surface area contributed by atoms with Gasteiger partial charge in [-0.1, -0.05) is 95.2 Å². The minimum Gasteiger partial charge on any atom is -0.390 e. The first-order valence-corrected chi connectivity index (χ1v) is 29.6. The van der Waals surface area contributed by atoms with Crippen molar-refractivity contribution < 1.29 is 57.8 Å². The summed E-state index contributed by atoms with van der Waals surface area (Å²) >= 11 is 0. The lowest BCUT2D eigenvalue weighted by Crippen LogP contribution is -2.63. The van der Waals surface area contributed by atoms with E-state index in [-0.39, 0.29) is 50.0 Å². The molecule has 0 saturated carbocycles.